The molecule has 17 heavy (non-hydrogen) atoms. The Labute approximate surface area is 101 Å². The Morgan fingerprint density at radius 2 is 2.18 bits per heavy atom. The molecule has 0 spiro atoms. The molecule has 5 nitrogen and oxygen atoms in total. The third-order valence-corrected chi connectivity index (χ3v) is 1.93. The Hall–Kier alpha value is -1.95. The van der Waals surface area contributed by atoms with Crippen molar-refractivity contribution in [2.24, 2.45) is 0 Å². The van der Waals surface area contributed by atoms with Crippen molar-refractivity contribution in [2.45, 2.75) is 0 Å². The number of rotatable bonds is 4. The molecule has 0 aliphatic rings. The van der Waals surface area contributed by atoms with Gasteiger partial charge in [-0.2, -0.15) is 0 Å². The molecule has 1 N–H and O–H groups in total. The van der Waals surface area contributed by atoms with Crippen LogP contribution in [0.3, 0.4) is 0 Å². The molecular weight excluding hydrogens is 251 g/mol. The van der Waals surface area contributed by atoms with Crippen LogP contribution < -0.4 is 5.32 Å². The minimum Gasteiger partial charge on any atom is -0.347 e. The maximum Gasteiger partial charge on any atom is 0.273 e. The minimum atomic E-state index is -0.853. The number of hydrogen-bond donors (Lipinski definition) is 1. The lowest BCUT2D eigenvalue weighted by Crippen LogP contribution is -2.24. The Bertz CT molecular complexity index is 490. The first-order valence-corrected chi connectivity index (χ1v) is 4.84. The van der Waals surface area contributed by atoms with Gasteiger partial charge in [0.05, 0.1) is 17.5 Å². The lowest BCUT2D eigenvalue weighted by atomic mass is 10.2. The highest BCUT2D eigenvalue weighted by Gasteiger charge is 2.14. The van der Waals surface area contributed by atoms with Crippen LogP contribution in [-0.2, 0) is 0 Å². The van der Waals surface area contributed by atoms with E-state index < -0.39 is 22.3 Å². The van der Waals surface area contributed by atoms with Gasteiger partial charge in [-0.3, -0.25) is 14.9 Å². The number of benzene rings is 1. The van der Waals surface area contributed by atoms with E-state index in [-0.39, 0.29) is 17.1 Å². The van der Waals surface area contributed by atoms with Gasteiger partial charge in [0.15, 0.2) is 0 Å². The van der Waals surface area contributed by atoms with E-state index in [1.54, 1.807) is 0 Å². The van der Waals surface area contributed by atoms with Gasteiger partial charge in [-0.25, -0.2) is 4.39 Å². The molecular formula is C10H8ClFN2O3. The molecule has 1 rings (SSSR count). The Balaban J connectivity index is 2.93. The molecule has 1 aromatic carbocycles. The number of nitrogens with zero attached hydrogens (tertiary/aromatic N) is 1. The number of non-ortho nitro benzene ring substituents is 1. The molecule has 0 aliphatic heterocycles. The van der Waals surface area contributed by atoms with Crippen molar-refractivity contribution in [3.05, 3.63) is 51.3 Å². The van der Waals surface area contributed by atoms with E-state index in [4.69, 9.17) is 11.6 Å². The predicted octanol–water partition coefficient (Wildman–Crippen LogP) is 2.22. The molecule has 1 amide bonds. The van der Waals surface area contributed by atoms with Crippen molar-refractivity contribution in [3.8, 4) is 0 Å². The lowest BCUT2D eigenvalue weighted by molar-refractivity contribution is -0.385. The van der Waals surface area contributed by atoms with Crippen LogP contribution in [0.25, 0.3) is 0 Å². The van der Waals surface area contributed by atoms with Crippen molar-refractivity contribution >= 4 is 23.2 Å². The number of amides is 1. The summed E-state index contributed by atoms with van der Waals surface area (Å²) in [6.07, 6.45) is 0. The smallest absolute Gasteiger partial charge is 0.273 e. The minimum absolute atomic E-state index is 0.00466. The normalized spacial score (nSPS) is 9.76. The molecule has 0 unspecified atom stereocenters. The monoisotopic (exact) mass is 258 g/mol. The van der Waals surface area contributed by atoms with Crippen LogP contribution in [0.4, 0.5) is 10.1 Å². The highest BCUT2D eigenvalue weighted by Crippen LogP contribution is 2.16. The quantitative estimate of drug-likeness (QED) is 0.665. The van der Waals surface area contributed by atoms with E-state index in [0.717, 1.165) is 18.2 Å². The van der Waals surface area contributed by atoms with Gasteiger partial charge in [-0.1, -0.05) is 18.2 Å². The molecule has 0 fully saturated rings. The van der Waals surface area contributed by atoms with Gasteiger partial charge in [0.25, 0.3) is 11.6 Å². The molecule has 0 atom stereocenters. The number of nitro groups is 1. The second-order valence-corrected chi connectivity index (χ2v) is 3.69. The van der Waals surface area contributed by atoms with Gasteiger partial charge in [0.1, 0.15) is 5.82 Å². The highest BCUT2D eigenvalue weighted by atomic mass is 35.5. The van der Waals surface area contributed by atoms with Crippen molar-refractivity contribution in [2.75, 3.05) is 6.54 Å². The van der Waals surface area contributed by atoms with Crippen LogP contribution in [-0.4, -0.2) is 17.4 Å². The third-order valence-electron chi connectivity index (χ3n) is 1.80. The zero-order chi connectivity index (χ0) is 13.0. The first-order chi connectivity index (χ1) is 7.90. The second kappa shape index (κ2) is 5.40. The third kappa shape index (κ3) is 3.84. The van der Waals surface area contributed by atoms with Crippen molar-refractivity contribution < 1.29 is 14.1 Å². The molecule has 0 saturated heterocycles. The van der Waals surface area contributed by atoms with Crippen molar-refractivity contribution in [1.29, 1.82) is 0 Å². The van der Waals surface area contributed by atoms with Gasteiger partial charge in [0, 0.05) is 16.7 Å². The Kier molecular flexibility index (Phi) is 4.17. The lowest BCUT2D eigenvalue weighted by Gasteiger charge is -2.03. The summed E-state index contributed by atoms with van der Waals surface area (Å²) in [5.41, 5.74) is -0.630. The highest BCUT2D eigenvalue weighted by molar-refractivity contribution is 6.29. The Morgan fingerprint density at radius 1 is 1.53 bits per heavy atom. The first kappa shape index (κ1) is 13.1. The van der Waals surface area contributed by atoms with Gasteiger partial charge in [-0.05, 0) is 6.07 Å². The molecule has 1 aromatic rings. The van der Waals surface area contributed by atoms with E-state index in [0.29, 0.717) is 0 Å². The van der Waals surface area contributed by atoms with Crippen molar-refractivity contribution in [1.82, 2.24) is 5.32 Å². The molecule has 0 heterocycles. The molecule has 0 saturated carbocycles. The predicted molar refractivity (Wildman–Crippen MR) is 60.4 cm³/mol. The maximum absolute atomic E-state index is 13.0. The summed E-state index contributed by atoms with van der Waals surface area (Å²) in [6.45, 7) is 3.36. The van der Waals surface area contributed by atoms with Gasteiger partial charge >= 0.3 is 0 Å². The molecule has 0 radical (unpaired) electrons. The largest absolute Gasteiger partial charge is 0.347 e. The van der Waals surface area contributed by atoms with E-state index in [2.05, 4.69) is 11.9 Å². The van der Waals surface area contributed by atoms with Gasteiger partial charge in [-0.15, -0.1) is 0 Å². The average molecular weight is 259 g/mol. The fourth-order valence-electron chi connectivity index (χ4n) is 1.09. The van der Waals surface area contributed by atoms with Crippen LogP contribution in [0.5, 0.6) is 0 Å². The number of hydrogen-bond acceptors (Lipinski definition) is 3. The number of nitrogens with one attached hydrogen (secondary N) is 1. The summed E-state index contributed by atoms with van der Waals surface area (Å²) in [7, 11) is 0. The average Bonchev–Trinajstić information content (AvgIpc) is 2.24. The topological polar surface area (TPSA) is 72.2 Å². The van der Waals surface area contributed by atoms with E-state index >= 15 is 0 Å². The number of carbonyl (C=O) groups excluding carboxylic acids is 1. The maximum atomic E-state index is 13.0. The van der Waals surface area contributed by atoms with E-state index in [9.17, 15) is 19.3 Å². The number of halogens is 2. The number of nitro benzene ring substituents is 1. The fraction of sp³-hybridized carbons (Fsp3) is 0.100. The zero-order valence-electron chi connectivity index (χ0n) is 8.57. The zero-order valence-corrected chi connectivity index (χ0v) is 9.33. The standard InChI is InChI=1S/C10H8ClFN2O3/c1-6(11)5-13-10(15)7-2-8(12)4-9(3-7)14(16)17/h2-4H,1,5H2,(H,13,15). The summed E-state index contributed by atoms with van der Waals surface area (Å²) in [6, 6.07) is 2.62. The molecule has 90 valence electrons. The Morgan fingerprint density at radius 3 is 2.71 bits per heavy atom. The molecule has 0 aliphatic carbocycles. The molecule has 7 heteroatoms. The van der Waals surface area contributed by atoms with Crippen LogP contribution >= 0.6 is 11.6 Å². The SMILES string of the molecule is C=C(Cl)CNC(=O)c1cc(F)cc([N+](=O)[O-])c1. The van der Waals surface area contributed by atoms with Crippen LogP contribution in [0.15, 0.2) is 29.8 Å². The van der Waals surface area contributed by atoms with Crippen molar-refractivity contribution in [3.63, 3.8) is 0 Å². The summed E-state index contributed by atoms with van der Waals surface area (Å²) < 4.78 is 13.0. The van der Waals surface area contributed by atoms with Crippen LogP contribution in [0.1, 0.15) is 10.4 Å². The second-order valence-electron chi connectivity index (χ2n) is 3.16. The molecule has 0 bridgehead atoms. The summed E-state index contributed by atoms with van der Waals surface area (Å²) in [5, 5.41) is 13.0. The van der Waals surface area contributed by atoms with Crippen LogP contribution in [0.2, 0.25) is 0 Å². The first-order valence-electron chi connectivity index (χ1n) is 4.46. The summed E-state index contributed by atoms with van der Waals surface area (Å²) in [4.78, 5) is 21.2. The summed E-state index contributed by atoms with van der Waals surface area (Å²) in [5.74, 6) is -1.51. The van der Waals surface area contributed by atoms with Gasteiger partial charge < -0.3 is 5.32 Å². The summed E-state index contributed by atoms with van der Waals surface area (Å²) >= 11 is 5.43. The van der Waals surface area contributed by atoms with Gasteiger partial charge in [0.2, 0.25) is 0 Å². The fourth-order valence-corrected chi connectivity index (χ4v) is 1.16. The number of carbonyl (C=O) groups is 1. The molecule has 0 aromatic heterocycles. The van der Waals surface area contributed by atoms with E-state index in [1.807, 2.05) is 0 Å². The van der Waals surface area contributed by atoms with E-state index in [1.165, 1.54) is 0 Å². The van der Waals surface area contributed by atoms with Crippen LogP contribution in [0, 0.1) is 15.9 Å².